The van der Waals surface area contributed by atoms with Crippen molar-refractivity contribution in [3.63, 3.8) is 0 Å². The SMILES string of the molecule is N#CC1CCCN1C(=O)CN1CC[C@H](Oc2ccc3c(c2)OCO3)C1. The van der Waals surface area contributed by atoms with E-state index in [1.165, 1.54) is 0 Å². The van der Waals surface area contributed by atoms with Gasteiger partial charge in [0.15, 0.2) is 11.5 Å². The van der Waals surface area contributed by atoms with E-state index in [1.54, 1.807) is 4.90 Å². The number of nitrogens with zero attached hydrogens (tertiary/aromatic N) is 3. The molecular weight excluding hydrogens is 322 g/mol. The molecule has 7 nitrogen and oxygen atoms in total. The highest BCUT2D eigenvalue weighted by Crippen LogP contribution is 2.35. The van der Waals surface area contributed by atoms with Gasteiger partial charge in [-0.3, -0.25) is 9.69 Å². The second kappa shape index (κ2) is 6.81. The molecule has 3 aliphatic heterocycles. The Hall–Kier alpha value is -2.46. The van der Waals surface area contributed by atoms with Crippen molar-refractivity contribution in [3.05, 3.63) is 18.2 Å². The van der Waals surface area contributed by atoms with E-state index >= 15 is 0 Å². The van der Waals surface area contributed by atoms with Crippen LogP contribution < -0.4 is 14.2 Å². The van der Waals surface area contributed by atoms with Crippen LogP contribution in [0.1, 0.15) is 19.3 Å². The van der Waals surface area contributed by atoms with Gasteiger partial charge >= 0.3 is 0 Å². The van der Waals surface area contributed by atoms with Gasteiger partial charge < -0.3 is 19.1 Å². The summed E-state index contributed by atoms with van der Waals surface area (Å²) in [5.74, 6) is 2.25. The molecule has 0 radical (unpaired) electrons. The van der Waals surface area contributed by atoms with Crippen molar-refractivity contribution in [1.29, 1.82) is 5.26 Å². The predicted molar refractivity (Wildman–Crippen MR) is 88.4 cm³/mol. The van der Waals surface area contributed by atoms with Crippen molar-refractivity contribution in [2.24, 2.45) is 0 Å². The molecular formula is C18H21N3O4. The first kappa shape index (κ1) is 16.0. The number of benzene rings is 1. The number of nitriles is 1. The largest absolute Gasteiger partial charge is 0.489 e. The number of carbonyl (C=O) groups is 1. The Labute approximate surface area is 146 Å². The Kier molecular flexibility index (Phi) is 4.36. The minimum atomic E-state index is -0.254. The minimum Gasteiger partial charge on any atom is -0.489 e. The zero-order valence-corrected chi connectivity index (χ0v) is 14.0. The second-order valence-electron chi connectivity index (χ2n) is 6.65. The van der Waals surface area contributed by atoms with Crippen LogP contribution in [0.3, 0.4) is 0 Å². The first-order valence-corrected chi connectivity index (χ1v) is 8.70. The number of carbonyl (C=O) groups excluding carboxylic acids is 1. The minimum absolute atomic E-state index is 0.0489. The van der Waals surface area contributed by atoms with Gasteiger partial charge in [0, 0.05) is 25.7 Å². The van der Waals surface area contributed by atoms with Gasteiger partial charge in [0.25, 0.3) is 0 Å². The summed E-state index contributed by atoms with van der Waals surface area (Å²) in [6.45, 7) is 2.84. The number of likely N-dealkylation sites (tertiary alicyclic amines) is 2. The highest BCUT2D eigenvalue weighted by molar-refractivity contribution is 5.79. The maximum atomic E-state index is 12.4. The molecule has 4 rings (SSSR count). The zero-order chi connectivity index (χ0) is 17.2. The van der Waals surface area contributed by atoms with Gasteiger partial charge in [-0.25, -0.2) is 0 Å². The Morgan fingerprint density at radius 1 is 1.28 bits per heavy atom. The quantitative estimate of drug-likeness (QED) is 0.822. The first-order valence-electron chi connectivity index (χ1n) is 8.70. The van der Waals surface area contributed by atoms with Crippen LogP contribution in [0.2, 0.25) is 0 Å². The van der Waals surface area contributed by atoms with Crippen molar-refractivity contribution in [2.45, 2.75) is 31.4 Å². The number of amides is 1. The molecule has 0 bridgehead atoms. The molecule has 2 saturated heterocycles. The molecule has 25 heavy (non-hydrogen) atoms. The number of ether oxygens (including phenoxy) is 3. The van der Waals surface area contributed by atoms with Crippen LogP contribution in [0.5, 0.6) is 17.2 Å². The van der Waals surface area contributed by atoms with E-state index in [2.05, 4.69) is 11.0 Å². The molecule has 0 aliphatic carbocycles. The fourth-order valence-electron chi connectivity index (χ4n) is 3.66. The topological polar surface area (TPSA) is 75.0 Å². The first-order chi connectivity index (χ1) is 12.2. The third-order valence-corrected chi connectivity index (χ3v) is 4.96. The maximum absolute atomic E-state index is 12.4. The van der Waals surface area contributed by atoms with Crippen LogP contribution in [0.4, 0.5) is 0 Å². The van der Waals surface area contributed by atoms with Gasteiger partial charge in [0.1, 0.15) is 17.9 Å². The van der Waals surface area contributed by atoms with Crippen LogP contribution >= 0.6 is 0 Å². The summed E-state index contributed by atoms with van der Waals surface area (Å²) in [6.07, 6.45) is 2.64. The third-order valence-electron chi connectivity index (χ3n) is 4.96. The van der Waals surface area contributed by atoms with Crippen molar-refractivity contribution in [2.75, 3.05) is 33.0 Å². The normalized spacial score (nSPS) is 25.2. The lowest BCUT2D eigenvalue weighted by molar-refractivity contribution is -0.132. The van der Waals surface area contributed by atoms with E-state index < -0.39 is 0 Å². The molecule has 3 aliphatic rings. The van der Waals surface area contributed by atoms with Crippen molar-refractivity contribution >= 4 is 5.91 Å². The fraction of sp³-hybridized carbons (Fsp3) is 0.556. The smallest absolute Gasteiger partial charge is 0.237 e. The predicted octanol–water partition coefficient (Wildman–Crippen LogP) is 1.38. The van der Waals surface area contributed by atoms with Crippen LogP contribution in [-0.2, 0) is 4.79 Å². The molecule has 1 aromatic carbocycles. The average molecular weight is 343 g/mol. The lowest BCUT2D eigenvalue weighted by Gasteiger charge is -2.23. The molecule has 1 unspecified atom stereocenters. The van der Waals surface area contributed by atoms with E-state index in [0.717, 1.165) is 37.3 Å². The van der Waals surface area contributed by atoms with Gasteiger partial charge in [0.05, 0.1) is 12.6 Å². The molecule has 2 atom stereocenters. The Morgan fingerprint density at radius 3 is 3.04 bits per heavy atom. The lowest BCUT2D eigenvalue weighted by atomic mass is 10.2. The van der Waals surface area contributed by atoms with Crippen LogP contribution in [0.25, 0.3) is 0 Å². The van der Waals surface area contributed by atoms with E-state index in [9.17, 15) is 4.79 Å². The monoisotopic (exact) mass is 343 g/mol. The van der Waals surface area contributed by atoms with Crippen LogP contribution in [0.15, 0.2) is 18.2 Å². The molecule has 2 fully saturated rings. The summed E-state index contributed by atoms with van der Waals surface area (Å²) in [5.41, 5.74) is 0. The van der Waals surface area contributed by atoms with Gasteiger partial charge in [-0.05, 0) is 31.4 Å². The lowest BCUT2D eigenvalue weighted by Crippen LogP contribution is -2.42. The van der Waals surface area contributed by atoms with Gasteiger partial charge in [0.2, 0.25) is 12.7 Å². The standard InChI is InChI=1S/C18H21N3O4/c19-9-13-2-1-6-21(13)18(22)11-20-7-5-15(10-20)25-14-3-4-16-17(8-14)24-12-23-16/h3-4,8,13,15H,1-2,5-7,10-12H2/t13?,15-/m0/s1. The molecule has 0 aromatic heterocycles. The molecule has 0 saturated carbocycles. The average Bonchev–Trinajstić information content (AvgIpc) is 3.34. The van der Waals surface area contributed by atoms with E-state index in [1.807, 2.05) is 18.2 Å². The van der Waals surface area contributed by atoms with Gasteiger partial charge in [-0.15, -0.1) is 0 Å². The van der Waals surface area contributed by atoms with E-state index in [-0.39, 0.29) is 24.8 Å². The molecule has 1 amide bonds. The highest BCUT2D eigenvalue weighted by Gasteiger charge is 2.32. The molecule has 132 valence electrons. The summed E-state index contributed by atoms with van der Waals surface area (Å²) in [4.78, 5) is 16.2. The van der Waals surface area contributed by atoms with E-state index in [0.29, 0.717) is 25.4 Å². The molecule has 7 heteroatoms. The van der Waals surface area contributed by atoms with Crippen molar-refractivity contribution in [1.82, 2.24) is 9.80 Å². The summed E-state index contributed by atoms with van der Waals surface area (Å²) < 4.78 is 16.7. The Morgan fingerprint density at radius 2 is 2.16 bits per heavy atom. The number of hydrogen-bond acceptors (Lipinski definition) is 6. The highest BCUT2D eigenvalue weighted by atomic mass is 16.7. The molecule has 0 spiro atoms. The van der Waals surface area contributed by atoms with Gasteiger partial charge in [-0.1, -0.05) is 0 Å². The number of fused-ring (bicyclic) bond motifs is 1. The summed E-state index contributed by atoms with van der Waals surface area (Å²) in [7, 11) is 0. The van der Waals surface area contributed by atoms with Gasteiger partial charge in [-0.2, -0.15) is 5.26 Å². The fourth-order valence-corrected chi connectivity index (χ4v) is 3.66. The third kappa shape index (κ3) is 3.35. The van der Waals surface area contributed by atoms with Crippen molar-refractivity contribution < 1.29 is 19.0 Å². The van der Waals surface area contributed by atoms with Crippen LogP contribution in [-0.4, -0.2) is 60.8 Å². The zero-order valence-electron chi connectivity index (χ0n) is 14.0. The van der Waals surface area contributed by atoms with Crippen LogP contribution in [0, 0.1) is 11.3 Å². The Balaban J connectivity index is 1.30. The molecule has 0 N–H and O–H groups in total. The second-order valence-corrected chi connectivity index (χ2v) is 6.65. The number of rotatable bonds is 4. The summed E-state index contributed by atoms with van der Waals surface area (Å²) in [5, 5.41) is 9.12. The maximum Gasteiger partial charge on any atom is 0.237 e. The Bertz CT molecular complexity index is 702. The summed E-state index contributed by atoms with van der Waals surface area (Å²) in [6, 6.07) is 7.54. The summed E-state index contributed by atoms with van der Waals surface area (Å²) >= 11 is 0. The molecule has 1 aromatic rings. The molecule has 3 heterocycles. The van der Waals surface area contributed by atoms with Crippen molar-refractivity contribution in [3.8, 4) is 23.3 Å². The van der Waals surface area contributed by atoms with E-state index in [4.69, 9.17) is 19.5 Å². The number of hydrogen-bond donors (Lipinski definition) is 0.